The number of rotatable bonds is 10. The van der Waals surface area contributed by atoms with Crippen molar-refractivity contribution in [3.63, 3.8) is 0 Å². The number of esters is 1. The lowest BCUT2D eigenvalue weighted by Gasteiger charge is -2.31. The molecule has 0 aliphatic carbocycles. The van der Waals surface area contributed by atoms with Gasteiger partial charge in [0.2, 0.25) is 0 Å². The van der Waals surface area contributed by atoms with Crippen molar-refractivity contribution in [2.45, 2.75) is 49.7 Å². The average Bonchev–Trinajstić information content (AvgIpc) is 2.73. The molecule has 2 rings (SSSR count). The Morgan fingerprint density at radius 1 is 0.966 bits per heavy atom. The first kappa shape index (κ1) is 22.9. The number of carbonyl (C=O) groups is 1. The van der Waals surface area contributed by atoms with Crippen LogP contribution in [0.4, 0.5) is 0 Å². The van der Waals surface area contributed by atoms with Gasteiger partial charge in [-0.15, -0.1) is 0 Å². The maximum atomic E-state index is 13.4. The van der Waals surface area contributed by atoms with Gasteiger partial charge in [-0.2, -0.15) is 0 Å². The van der Waals surface area contributed by atoms with Crippen molar-refractivity contribution in [2.75, 3.05) is 14.2 Å². The summed E-state index contributed by atoms with van der Waals surface area (Å²) < 4.78 is 36.9. The molecule has 0 bridgehead atoms. The fraction of sp³-hybridized carbons (Fsp3) is 0.435. The number of ether oxygens (including phenoxy) is 2. The first-order valence-electron chi connectivity index (χ1n) is 9.73. The third kappa shape index (κ3) is 5.60. The molecule has 0 saturated heterocycles. The first-order valence-corrected chi connectivity index (χ1v) is 11.3. The molecule has 0 aliphatic heterocycles. The van der Waals surface area contributed by atoms with Crippen LogP contribution in [0.5, 0.6) is 5.75 Å². The topological polar surface area (TPSA) is 69.7 Å². The summed E-state index contributed by atoms with van der Waals surface area (Å²) >= 11 is 0. The Morgan fingerprint density at radius 3 is 2.14 bits per heavy atom. The molecule has 0 aromatic heterocycles. The fourth-order valence-electron chi connectivity index (χ4n) is 3.53. The largest absolute Gasteiger partial charge is 0.497 e. The Kier molecular flexibility index (Phi) is 7.85. The number of unbranched alkanes of at least 4 members (excludes halogenated alkanes) is 1. The zero-order chi connectivity index (χ0) is 21.5. The smallest absolute Gasteiger partial charge is 0.312 e. The van der Waals surface area contributed by atoms with E-state index in [9.17, 15) is 13.2 Å². The number of hydrogen-bond acceptors (Lipinski definition) is 5. The van der Waals surface area contributed by atoms with Crippen LogP contribution in [0.2, 0.25) is 0 Å². The van der Waals surface area contributed by atoms with Gasteiger partial charge in [0, 0.05) is 0 Å². The number of benzene rings is 2. The molecule has 0 spiro atoms. The third-order valence-electron chi connectivity index (χ3n) is 5.30. The number of aryl methyl sites for hydroxylation is 1. The molecule has 0 radical (unpaired) electrons. The zero-order valence-corrected chi connectivity index (χ0v) is 18.4. The van der Waals surface area contributed by atoms with Crippen molar-refractivity contribution in [3.8, 4) is 5.75 Å². The van der Waals surface area contributed by atoms with Gasteiger partial charge in [0.15, 0.2) is 9.84 Å². The minimum Gasteiger partial charge on any atom is -0.497 e. The van der Waals surface area contributed by atoms with Gasteiger partial charge in [0.05, 0.1) is 29.8 Å². The van der Waals surface area contributed by atoms with E-state index in [4.69, 9.17) is 9.47 Å². The summed E-state index contributed by atoms with van der Waals surface area (Å²) in [5.41, 5.74) is 0.0505. The van der Waals surface area contributed by atoms with Gasteiger partial charge in [-0.05, 0) is 62.9 Å². The van der Waals surface area contributed by atoms with Crippen LogP contribution in [-0.4, -0.2) is 33.9 Å². The minimum atomic E-state index is -3.74. The van der Waals surface area contributed by atoms with Crippen molar-refractivity contribution in [1.29, 1.82) is 0 Å². The van der Waals surface area contributed by atoms with Gasteiger partial charge < -0.3 is 9.47 Å². The van der Waals surface area contributed by atoms with Gasteiger partial charge in [0.1, 0.15) is 5.75 Å². The summed E-state index contributed by atoms with van der Waals surface area (Å²) in [4.78, 5) is 12.6. The molecule has 6 heteroatoms. The molecule has 29 heavy (non-hydrogen) atoms. The fourth-order valence-corrected chi connectivity index (χ4v) is 5.72. The zero-order valence-electron chi connectivity index (χ0n) is 17.6. The van der Waals surface area contributed by atoms with Crippen molar-refractivity contribution in [3.05, 3.63) is 60.2 Å². The standard InChI is InChI=1S/C23H30O5S/c1-23(2,22(24)28-4)21(13-9-8-12-18-10-6-5-7-11-18)29(25,26)20-16-14-19(27-3)15-17-20/h5-7,10-11,14-17,21H,8-9,12-13H2,1-4H3. The molecule has 1 atom stereocenters. The lowest BCUT2D eigenvalue weighted by atomic mass is 9.86. The van der Waals surface area contributed by atoms with Crippen molar-refractivity contribution in [2.24, 2.45) is 5.41 Å². The Bertz CT molecular complexity index is 887. The van der Waals surface area contributed by atoms with Crippen LogP contribution >= 0.6 is 0 Å². The second-order valence-corrected chi connectivity index (χ2v) is 9.78. The second-order valence-electron chi connectivity index (χ2n) is 7.65. The van der Waals surface area contributed by atoms with Crippen LogP contribution < -0.4 is 4.74 Å². The minimum absolute atomic E-state index is 0.184. The van der Waals surface area contributed by atoms with Gasteiger partial charge in [0.25, 0.3) is 0 Å². The molecular weight excluding hydrogens is 388 g/mol. The molecular formula is C23H30O5S. The SMILES string of the molecule is COC(=O)C(C)(C)C(CCCCc1ccccc1)S(=O)(=O)c1ccc(OC)cc1. The molecule has 5 nitrogen and oxygen atoms in total. The summed E-state index contributed by atoms with van der Waals surface area (Å²) in [5, 5.41) is -0.883. The maximum Gasteiger partial charge on any atom is 0.312 e. The first-order chi connectivity index (χ1) is 13.7. The van der Waals surface area contributed by atoms with Gasteiger partial charge >= 0.3 is 5.97 Å². The van der Waals surface area contributed by atoms with E-state index in [1.54, 1.807) is 26.0 Å². The predicted molar refractivity (Wildman–Crippen MR) is 114 cm³/mol. The maximum absolute atomic E-state index is 13.4. The highest BCUT2D eigenvalue weighted by Gasteiger charge is 2.45. The molecule has 1 unspecified atom stereocenters. The molecule has 2 aromatic carbocycles. The monoisotopic (exact) mass is 418 g/mol. The Labute approximate surface area is 174 Å². The van der Waals surface area contributed by atoms with Crippen LogP contribution in [0.1, 0.15) is 38.7 Å². The summed E-state index contributed by atoms with van der Waals surface area (Å²) in [6.07, 6.45) is 2.78. The average molecular weight is 419 g/mol. The van der Waals surface area contributed by atoms with Crippen molar-refractivity contribution in [1.82, 2.24) is 0 Å². The van der Waals surface area contributed by atoms with Gasteiger partial charge in [-0.3, -0.25) is 4.79 Å². The van der Waals surface area contributed by atoms with E-state index in [1.165, 1.54) is 31.9 Å². The quantitative estimate of drug-likeness (QED) is 0.421. The van der Waals surface area contributed by atoms with E-state index in [-0.39, 0.29) is 4.90 Å². The van der Waals surface area contributed by atoms with Crippen LogP contribution in [0, 0.1) is 5.41 Å². The lowest BCUT2D eigenvalue weighted by molar-refractivity contribution is -0.150. The van der Waals surface area contributed by atoms with Crippen LogP contribution in [0.15, 0.2) is 59.5 Å². The Balaban J connectivity index is 2.22. The van der Waals surface area contributed by atoms with Gasteiger partial charge in [-0.25, -0.2) is 8.42 Å². The Hall–Kier alpha value is -2.34. The van der Waals surface area contributed by atoms with E-state index in [1.807, 2.05) is 18.2 Å². The highest BCUT2D eigenvalue weighted by Crippen LogP contribution is 2.36. The summed E-state index contributed by atoms with van der Waals surface area (Å²) in [7, 11) is -0.925. The number of hydrogen-bond donors (Lipinski definition) is 0. The van der Waals surface area contributed by atoms with Crippen LogP contribution in [-0.2, 0) is 25.8 Å². The van der Waals surface area contributed by atoms with E-state index in [2.05, 4.69) is 12.1 Å². The second kappa shape index (κ2) is 9.92. The predicted octanol–water partition coefficient (Wildman–Crippen LogP) is 4.45. The molecule has 2 aromatic rings. The molecule has 158 valence electrons. The molecule has 0 saturated carbocycles. The number of carbonyl (C=O) groups excluding carboxylic acids is 1. The highest BCUT2D eigenvalue weighted by molar-refractivity contribution is 7.92. The normalized spacial score (nSPS) is 13.0. The van der Waals surface area contributed by atoms with E-state index < -0.39 is 26.5 Å². The highest BCUT2D eigenvalue weighted by atomic mass is 32.2. The van der Waals surface area contributed by atoms with Crippen LogP contribution in [0.25, 0.3) is 0 Å². The number of sulfone groups is 1. The molecule has 0 aliphatic rings. The molecule has 0 amide bonds. The Morgan fingerprint density at radius 2 is 1.59 bits per heavy atom. The van der Waals surface area contributed by atoms with Gasteiger partial charge in [-0.1, -0.05) is 36.8 Å². The lowest BCUT2D eigenvalue weighted by Crippen LogP contribution is -2.43. The molecule has 0 fully saturated rings. The summed E-state index contributed by atoms with van der Waals surface area (Å²) in [6, 6.07) is 16.4. The van der Waals surface area contributed by atoms with Crippen LogP contribution in [0.3, 0.4) is 0 Å². The summed E-state index contributed by atoms with van der Waals surface area (Å²) in [6.45, 7) is 3.28. The number of methoxy groups -OCH3 is 2. The molecule has 0 N–H and O–H groups in total. The van der Waals surface area contributed by atoms with E-state index >= 15 is 0 Å². The van der Waals surface area contributed by atoms with Crippen molar-refractivity contribution >= 4 is 15.8 Å². The van der Waals surface area contributed by atoms with E-state index in [0.717, 1.165) is 12.8 Å². The van der Waals surface area contributed by atoms with E-state index in [0.29, 0.717) is 18.6 Å². The summed E-state index contributed by atoms with van der Waals surface area (Å²) in [5.74, 6) is 0.0539. The molecule has 0 heterocycles. The third-order valence-corrected chi connectivity index (χ3v) is 7.81. The van der Waals surface area contributed by atoms with Crippen molar-refractivity contribution < 1.29 is 22.7 Å².